The lowest BCUT2D eigenvalue weighted by atomic mass is 10.2. The lowest BCUT2D eigenvalue weighted by Gasteiger charge is -2.19. The highest BCUT2D eigenvalue weighted by Gasteiger charge is 2.16. The highest BCUT2D eigenvalue weighted by atomic mass is 16.6. The quantitative estimate of drug-likeness (QED) is 0.398. The number of hydrogen-bond donors (Lipinski definition) is 4. The maximum atomic E-state index is 11.7. The van der Waals surface area contributed by atoms with Crippen molar-refractivity contribution in [3.8, 4) is 0 Å². The Morgan fingerprint density at radius 2 is 0.897 bits per heavy atom. The summed E-state index contributed by atoms with van der Waals surface area (Å²) in [6.07, 6.45) is -0.267. The molecular weight excluding hydrogens is 380 g/mol. The van der Waals surface area contributed by atoms with Crippen LogP contribution < -0.4 is 21.3 Å². The van der Waals surface area contributed by atoms with Crippen LogP contribution in [0.15, 0.2) is 0 Å². The van der Waals surface area contributed by atoms with Crippen molar-refractivity contribution in [1.82, 2.24) is 21.3 Å². The fourth-order valence-electron chi connectivity index (χ4n) is 1.95. The molecule has 0 aromatic rings. The molecule has 0 bridgehead atoms. The summed E-state index contributed by atoms with van der Waals surface area (Å²) in [6.45, 7) is 11.7. The molecule has 29 heavy (non-hydrogen) atoms. The molecule has 0 aromatic heterocycles. The van der Waals surface area contributed by atoms with Gasteiger partial charge in [0.25, 0.3) is 0 Å². The summed E-state index contributed by atoms with van der Waals surface area (Å²) in [5, 5.41) is 10.4. The number of alkyl carbamates (subject to hydrolysis) is 2. The lowest BCUT2D eigenvalue weighted by molar-refractivity contribution is -0.122. The van der Waals surface area contributed by atoms with Gasteiger partial charge in [-0.1, -0.05) is 0 Å². The van der Waals surface area contributed by atoms with E-state index in [-0.39, 0.29) is 50.8 Å². The van der Waals surface area contributed by atoms with Gasteiger partial charge in [-0.15, -0.1) is 0 Å². The minimum atomic E-state index is -0.570. The van der Waals surface area contributed by atoms with Crippen LogP contribution >= 0.6 is 0 Å². The summed E-state index contributed by atoms with van der Waals surface area (Å²) in [7, 11) is 0. The monoisotopic (exact) mass is 416 g/mol. The largest absolute Gasteiger partial charge is 0.444 e. The molecule has 4 N–H and O–H groups in total. The molecule has 10 nitrogen and oxygen atoms in total. The number of rotatable bonds is 10. The number of amides is 4. The van der Waals surface area contributed by atoms with Crippen molar-refractivity contribution in [1.29, 1.82) is 0 Å². The van der Waals surface area contributed by atoms with Crippen LogP contribution in [0, 0.1) is 0 Å². The Kier molecular flexibility index (Phi) is 11.7. The molecule has 0 saturated heterocycles. The zero-order valence-corrected chi connectivity index (χ0v) is 18.4. The van der Waals surface area contributed by atoms with Gasteiger partial charge >= 0.3 is 12.2 Å². The van der Waals surface area contributed by atoms with E-state index in [9.17, 15) is 19.2 Å². The summed E-state index contributed by atoms with van der Waals surface area (Å²) in [5.41, 5.74) is -1.14. The SMILES string of the molecule is CC(C)(C)OC(=O)NCCNC(=O)CCCC(=O)NCCNC(=O)OC(C)(C)C. The molecule has 0 aliphatic heterocycles. The molecule has 10 heteroatoms. The Hall–Kier alpha value is -2.52. The standard InChI is InChI=1S/C19H36N4O6/c1-18(2,3)28-16(26)22-12-10-20-14(24)8-7-9-15(25)21-11-13-23-17(27)29-19(4,5)6/h7-13H2,1-6H3,(H,20,24)(H,21,25)(H,22,26)(H,23,27). The van der Waals surface area contributed by atoms with E-state index in [0.29, 0.717) is 6.42 Å². The molecule has 0 spiro atoms. The van der Waals surface area contributed by atoms with Crippen molar-refractivity contribution < 1.29 is 28.7 Å². The first-order valence-corrected chi connectivity index (χ1v) is 9.75. The van der Waals surface area contributed by atoms with Crippen LogP contribution in [-0.4, -0.2) is 61.4 Å². The molecule has 0 aliphatic rings. The second kappa shape index (κ2) is 12.8. The normalized spacial score (nSPS) is 11.2. The molecule has 4 amide bonds. The van der Waals surface area contributed by atoms with Crippen LogP contribution in [0.1, 0.15) is 60.8 Å². The van der Waals surface area contributed by atoms with Gasteiger partial charge in [0.05, 0.1) is 0 Å². The minimum Gasteiger partial charge on any atom is -0.444 e. The van der Waals surface area contributed by atoms with Crippen molar-refractivity contribution in [2.45, 2.75) is 72.0 Å². The second-order valence-corrected chi connectivity index (χ2v) is 8.41. The third kappa shape index (κ3) is 18.6. The zero-order chi connectivity index (χ0) is 22.5. The van der Waals surface area contributed by atoms with Crippen LogP contribution in [0.5, 0.6) is 0 Å². The van der Waals surface area contributed by atoms with Gasteiger partial charge < -0.3 is 30.7 Å². The van der Waals surface area contributed by atoms with E-state index in [0.717, 1.165) is 0 Å². The van der Waals surface area contributed by atoms with E-state index < -0.39 is 23.4 Å². The van der Waals surface area contributed by atoms with Gasteiger partial charge in [0.15, 0.2) is 0 Å². The number of nitrogens with one attached hydrogen (secondary N) is 4. The average molecular weight is 417 g/mol. The fourth-order valence-corrected chi connectivity index (χ4v) is 1.95. The Labute approximate surface area is 172 Å². The lowest BCUT2D eigenvalue weighted by Crippen LogP contribution is -2.38. The molecular formula is C19H36N4O6. The van der Waals surface area contributed by atoms with Crippen molar-refractivity contribution in [2.24, 2.45) is 0 Å². The smallest absolute Gasteiger partial charge is 0.407 e. The van der Waals surface area contributed by atoms with E-state index in [4.69, 9.17) is 9.47 Å². The third-order valence-corrected chi connectivity index (χ3v) is 3.04. The molecule has 0 saturated carbocycles. The van der Waals surface area contributed by atoms with Gasteiger partial charge in [0.2, 0.25) is 11.8 Å². The molecule has 168 valence electrons. The Bertz CT molecular complexity index is 504. The maximum absolute atomic E-state index is 11.7. The molecule has 0 fully saturated rings. The van der Waals surface area contributed by atoms with Crippen LogP contribution in [0.4, 0.5) is 9.59 Å². The number of carbonyl (C=O) groups is 4. The summed E-state index contributed by atoms with van der Waals surface area (Å²) in [5.74, 6) is -0.397. The first-order valence-electron chi connectivity index (χ1n) is 9.75. The molecule has 0 heterocycles. The van der Waals surface area contributed by atoms with Gasteiger partial charge in [0.1, 0.15) is 11.2 Å². The third-order valence-electron chi connectivity index (χ3n) is 3.04. The average Bonchev–Trinajstić information content (AvgIpc) is 2.52. The van der Waals surface area contributed by atoms with Crippen LogP contribution in [0.25, 0.3) is 0 Å². The highest BCUT2D eigenvalue weighted by Crippen LogP contribution is 2.06. The molecule has 0 unspecified atom stereocenters. The Balaban J connectivity index is 3.68. The van der Waals surface area contributed by atoms with E-state index in [1.54, 1.807) is 41.5 Å². The van der Waals surface area contributed by atoms with Crippen LogP contribution in [0.3, 0.4) is 0 Å². The summed E-state index contributed by atoms with van der Waals surface area (Å²) in [4.78, 5) is 46.3. The summed E-state index contributed by atoms with van der Waals surface area (Å²) < 4.78 is 10.1. The molecule has 0 radical (unpaired) electrons. The minimum absolute atomic E-state index is 0.199. The van der Waals surface area contributed by atoms with E-state index in [1.807, 2.05) is 0 Å². The molecule has 0 atom stereocenters. The van der Waals surface area contributed by atoms with Gasteiger partial charge in [-0.2, -0.15) is 0 Å². The zero-order valence-electron chi connectivity index (χ0n) is 18.4. The van der Waals surface area contributed by atoms with Crippen molar-refractivity contribution in [3.05, 3.63) is 0 Å². The Morgan fingerprint density at radius 1 is 0.586 bits per heavy atom. The first kappa shape index (κ1) is 26.5. The van der Waals surface area contributed by atoms with Crippen molar-refractivity contribution in [3.63, 3.8) is 0 Å². The number of hydrogen-bond acceptors (Lipinski definition) is 6. The Morgan fingerprint density at radius 3 is 1.21 bits per heavy atom. The molecule has 0 aliphatic carbocycles. The predicted octanol–water partition coefficient (Wildman–Crippen LogP) is 1.44. The summed E-state index contributed by atoms with van der Waals surface area (Å²) in [6, 6.07) is 0. The maximum Gasteiger partial charge on any atom is 0.407 e. The fraction of sp³-hybridized carbons (Fsp3) is 0.789. The van der Waals surface area contributed by atoms with Gasteiger partial charge in [-0.05, 0) is 48.0 Å². The van der Waals surface area contributed by atoms with E-state index in [2.05, 4.69) is 21.3 Å². The van der Waals surface area contributed by atoms with Gasteiger partial charge in [-0.25, -0.2) is 9.59 Å². The van der Waals surface area contributed by atoms with Crippen LogP contribution in [0.2, 0.25) is 0 Å². The topological polar surface area (TPSA) is 135 Å². The van der Waals surface area contributed by atoms with Crippen molar-refractivity contribution >= 4 is 24.0 Å². The van der Waals surface area contributed by atoms with E-state index >= 15 is 0 Å². The number of carbonyl (C=O) groups excluding carboxylic acids is 4. The highest BCUT2D eigenvalue weighted by molar-refractivity contribution is 5.79. The molecule has 0 rings (SSSR count). The molecule has 0 aromatic carbocycles. The van der Waals surface area contributed by atoms with E-state index in [1.165, 1.54) is 0 Å². The predicted molar refractivity (Wildman–Crippen MR) is 108 cm³/mol. The summed E-state index contributed by atoms with van der Waals surface area (Å²) >= 11 is 0. The van der Waals surface area contributed by atoms with Gasteiger partial charge in [0, 0.05) is 39.0 Å². The second-order valence-electron chi connectivity index (χ2n) is 8.41. The van der Waals surface area contributed by atoms with Gasteiger partial charge in [-0.3, -0.25) is 9.59 Å². The van der Waals surface area contributed by atoms with Crippen LogP contribution in [-0.2, 0) is 19.1 Å². The van der Waals surface area contributed by atoms with Crippen molar-refractivity contribution in [2.75, 3.05) is 26.2 Å². The number of ether oxygens (including phenoxy) is 2. The first-order chi connectivity index (χ1) is 13.3.